The first kappa shape index (κ1) is 32.2. The lowest BCUT2D eigenvalue weighted by molar-refractivity contribution is 0.670. The van der Waals surface area contributed by atoms with Crippen LogP contribution in [0.3, 0.4) is 0 Å². The highest BCUT2D eigenvalue weighted by atomic mass is 32.1. The van der Waals surface area contributed by atoms with Crippen LogP contribution in [0.4, 0.5) is 0 Å². The minimum absolute atomic E-state index is 0.682. The van der Waals surface area contributed by atoms with Crippen molar-refractivity contribution >= 4 is 53.4 Å². The maximum atomic E-state index is 6.70. The topological polar surface area (TPSA) is 51.8 Å². The van der Waals surface area contributed by atoms with Crippen molar-refractivity contribution in [3.8, 4) is 67.4 Å². The van der Waals surface area contributed by atoms with Crippen molar-refractivity contribution in [2.75, 3.05) is 0 Å². The van der Waals surface area contributed by atoms with Gasteiger partial charge in [-0.15, -0.1) is 11.3 Å². The van der Waals surface area contributed by atoms with Crippen LogP contribution in [0, 0.1) is 0 Å². The maximum absolute atomic E-state index is 6.70. The zero-order valence-corrected chi connectivity index (χ0v) is 30.9. The Labute approximate surface area is 327 Å². The number of hydrogen-bond acceptors (Lipinski definition) is 5. The Bertz CT molecular complexity index is 3240. The first-order valence-electron chi connectivity index (χ1n) is 18.7. The molecule has 0 atom stereocenters. The van der Waals surface area contributed by atoms with Gasteiger partial charge >= 0.3 is 0 Å². The predicted molar refractivity (Wildman–Crippen MR) is 233 cm³/mol. The molecule has 0 saturated carbocycles. The first-order valence-corrected chi connectivity index (χ1v) is 19.5. The number of aromatic nitrogens is 3. The summed E-state index contributed by atoms with van der Waals surface area (Å²) in [7, 11) is 0. The SMILES string of the molecule is c1ccc(-c2nc(-c3ccc(-c4ccc(-c5ccc6sc7ccccc7c6c5)c5oc6ccccc6c45)cc3)cc(-c3cccc(-c4ccccn4)c3)n2)cc1. The van der Waals surface area contributed by atoms with Crippen LogP contribution in [0.2, 0.25) is 0 Å². The fraction of sp³-hybridized carbons (Fsp3) is 0. The van der Waals surface area contributed by atoms with Crippen LogP contribution in [0.5, 0.6) is 0 Å². The summed E-state index contributed by atoms with van der Waals surface area (Å²) in [5.41, 5.74) is 12.9. The third kappa shape index (κ3) is 5.56. The number of pyridine rings is 1. The fourth-order valence-electron chi connectivity index (χ4n) is 7.84. The number of hydrogen-bond donors (Lipinski definition) is 0. The van der Waals surface area contributed by atoms with Crippen LogP contribution in [-0.2, 0) is 0 Å². The van der Waals surface area contributed by atoms with Gasteiger partial charge < -0.3 is 4.42 Å². The Morgan fingerprint density at radius 3 is 1.89 bits per heavy atom. The van der Waals surface area contributed by atoms with E-state index in [2.05, 4.69) is 145 Å². The summed E-state index contributed by atoms with van der Waals surface area (Å²) in [4.78, 5) is 14.8. The van der Waals surface area contributed by atoms with E-state index in [4.69, 9.17) is 14.4 Å². The highest BCUT2D eigenvalue weighted by Gasteiger charge is 2.19. The largest absolute Gasteiger partial charge is 0.455 e. The van der Waals surface area contributed by atoms with Gasteiger partial charge in [-0.1, -0.05) is 127 Å². The van der Waals surface area contributed by atoms with Crippen LogP contribution in [0.1, 0.15) is 0 Å². The predicted octanol–water partition coefficient (Wildman–Crippen LogP) is 14.1. The lowest BCUT2D eigenvalue weighted by Gasteiger charge is -2.12. The zero-order chi connectivity index (χ0) is 37.0. The number of para-hydroxylation sites is 1. The Kier molecular flexibility index (Phi) is 7.64. The number of rotatable bonds is 6. The molecule has 0 radical (unpaired) electrons. The summed E-state index contributed by atoms with van der Waals surface area (Å²) in [6.07, 6.45) is 1.82. The average Bonchev–Trinajstić information content (AvgIpc) is 3.85. The molecule has 11 rings (SSSR count). The number of nitrogens with zero attached hydrogens (tertiary/aromatic N) is 3. The van der Waals surface area contributed by atoms with Crippen molar-refractivity contribution in [1.82, 2.24) is 15.0 Å². The summed E-state index contributed by atoms with van der Waals surface area (Å²) < 4.78 is 9.29. The van der Waals surface area contributed by atoms with Gasteiger partial charge in [0, 0.05) is 65.0 Å². The molecule has 11 aromatic rings. The van der Waals surface area contributed by atoms with Crippen LogP contribution >= 0.6 is 11.3 Å². The molecular formula is C51H31N3OS. The van der Waals surface area contributed by atoms with E-state index in [9.17, 15) is 0 Å². The first-order chi connectivity index (χ1) is 27.7. The van der Waals surface area contributed by atoms with Crippen molar-refractivity contribution in [3.63, 3.8) is 0 Å². The van der Waals surface area contributed by atoms with E-state index >= 15 is 0 Å². The normalized spacial score (nSPS) is 11.6. The summed E-state index contributed by atoms with van der Waals surface area (Å²) in [5, 5.41) is 4.78. The van der Waals surface area contributed by atoms with Crippen LogP contribution in [0.25, 0.3) is 110 Å². The van der Waals surface area contributed by atoms with E-state index in [0.717, 1.165) is 83.5 Å². The molecule has 4 aromatic heterocycles. The van der Waals surface area contributed by atoms with Crippen molar-refractivity contribution in [1.29, 1.82) is 0 Å². The summed E-state index contributed by atoms with van der Waals surface area (Å²) in [6, 6.07) is 63.6. The molecule has 0 spiro atoms. The molecule has 0 N–H and O–H groups in total. The Balaban J connectivity index is 1.02. The van der Waals surface area contributed by atoms with E-state index in [1.165, 1.54) is 20.2 Å². The average molecular weight is 734 g/mol. The molecule has 262 valence electrons. The number of fused-ring (bicyclic) bond motifs is 6. The standard InChI is InChI=1S/C51H31N3OS/c1-2-11-34(12-3-1)51-53-44(31-45(54-51)37-14-10-13-36(29-37)43-17-8-9-28-52-43)33-22-20-32(21-23-33)38-25-26-39(50-49(38)41-16-4-6-18-46(41)55-50)35-24-27-48-42(30-35)40-15-5-7-19-47(40)56-48/h1-31H. The molecule has 0 fully saturated rings. The highest BCUT2D eigenvalue weighted by Crippen LogP contribution is 2.44. The lowest BCUT2D eigenvalue weighted by atomic mass is 9.93. The number of thiophene rings is 1. The summed E-state index contributed by atoms with van der Waals surface area (Å²) in [5.74, 6) is 0.682. The molecular weight excluding hydrogens is 703 g/mol. The third-order valence-corrected chi connectivity index (χ3v) is 11.7. The number of benzene rings is 7. The lowest BCUT2D eigenvalue weighted by Crippen LogP contribution is -1.96. The molecule has 0 saturated heterocycles. The molecule has 0 aliphatic heterocycles. The van der Waals surface area contributed by atoms with Gasteiger partial charge in [-0.25, -0.2) is 9.97 Å². The van der Waals surface area contributed by atoms with E-state index in [1.54, 1.807) is 0 Å². The van der Waals surface area contributed by atoms with Crippen LogP contribution in [-0.4, -0.2) is 15.0 Å². The van der Waals surface area contributed by atoms with Gasteiger partial charge in [-0.05, 0) is 71.3 Å². The molecule has 0 unspecified atom stereocenters. The highest BCUT2D eigenvalue weighted by molar-refractivity contribution is 7.25. The van der Waals surface area contributed by atoms with Crippen LogP contribution in [0.15, 0.2) is 193 Å². The smallest absolute Gasteiger partial charge is 0.160 e. The third-order valence-electron chi connectivity index (χ3n) is 10.6. The maximum Gasteiger partial charge on any atom is 0.160 e. The van der Waals surface area contributed by atoms with Gasteiger partial charge in [-0.2, -0.15) is 0 Å². The van der Waals surface area contributed by atoms with E-state index in [0.29, 0.717) is 5.82 Å². The second kappa shape index (κ2) is 13.3. The van der Waals surface area contributed by atoms with Crippen molar-refractivity contribution in [2.24, 2.45) is 0 Å². The Morgan fingerprint density at radius 1 is 0.393 bits per heavy atom. The molecule has 0 bridgehead atoms. The molecule has 7 aromatic carbocycles. The van der Waals surface area contributed by atoms with Crippen molar-refractivity contribution in [3.05, 3.63) is 188 Å². The Morgan fingerprint density at radius 2 is 1.05 bits per heavy atom. The van der Waals surface area contributed by atoms with Gasteiger partial charge in [0.2, 0.25) is 0 Å². The second-order valence-corrected chi connectivity index (χ2v) is 15.1. The zero-order valence-electron chi connectivity index (χ0n) is 30.1. The van der Waals surface area contributed by atoms with Crippen molar-refractivity contribution < 1.29 is 4.42 Å². The second-order valence-electron chi connectivity index (χ2n) is 14.0. The van der Waals surface area contributed by atoms with E-state index in [1.807, 2.05) is 60.0 Å². The monoisotopic (exact) mass is 733 g/mol. The molecule has 0 amide bonds. The molecule has 0 aliphatic carbocycles. The molecule has 4 nitrogen and oxygen atoms in total. The minimum Gasteiger partial charge on any atom is -0.455 e. The summed E-state index contributed by atoms with van der Waals surface area (Å²) in [6.45, 7) is 0. The van der Waals surface area contributed by atoms with Gasteiger partial charge in [-0.3, -0.25) is 4.98 Å². The quantitative estimate of drug-likeness (QED) is 0.171. The Hall–Kier alpha value is -7.21. The molecule has 56 heavy (non-hydrogen) atoms. The van der Waals surface area contributed by atoms with Gasteiger partial charge in [0.1, 0.15) is 11.2 Å². The molecule has 5 heteroatoms. The van der Waals surface area contributed by atoms with Crippen LogP contribution < -0.4 is 0 Å². The van der Waals surface area contributed by atoms with Gasteiger partial charge in [0.15, 0.2) is 5.82 Å². The molecule has 4 heterocycles. The number of furan rings is 1. The van der Waals surface area contributed by atoms with E-state index < -0.39 is 0 Å². The van der Waals surface area contributed by atoms with E-state index in [-0.39, 0.29) is 0 Å². The van der Waals surface area contributed by atoms with Gasteiger partial charge in [0.25, 0.3) is 0 Å². The molecule has 0 aliphatic rings. The summed E-state index contributed by atoms with van der Waals surface area (Å²) >= 11 is 1.84. The van der Waals surface area contributed by atoms with Gasteiger partial charge in [0.05, 0.1) is 17.1 Å². The van der Waals surface area contributed by atoms with Crippen molar-refractivity contribution in [2.45, 2.75) is 0 Å². The fourth-order valence-corrected chi connectivity index (χ4v) is 8.93. The minimum atomic E-state index is 0.682.